The molecule has 0 aromatic heterocycles. The molecule has 2 aromatic carbocycles. The third-order valence-corrected chi connectivity index (χ3v) is 9.27. The molecule has 2 amide bonds. The second kappa shape index (κ2) is 9.85. The summed E-state index contributed by atoms with van der Waals surface area (Å²) in [7, 11) is -3.53. The van der Waals surface area contributed by atoms with Gasteiger partial charge in [0.25, 0.3) is 5.91 Å². The summed E-state index contributed by atoms with van der Waals surface area (Å²) in [6, 6.07) is 8.79. The van der Waals surface area contributed by atoms with Crippen LogP contribution in [0.25, 0.3) is 0 Å². The van der Waals surface area contributed by atoms with E-state index in [0.717, 1.165) is 12.1 Å². The number of halogens is 3. The first-order chi connectivity index (χ1) is 18.0. The molecular formula is C27H27F3N2O5S. The van der Waals surface area contributed by atoms with Crippen LogP contribution >= 0.6 is 0 Å². The highest BCUT2D eigenvalue weighted by molar-refractivity contribution is 7.91. The Labute approximate surface area is 218 Å². The van der Waals surface area contributed by atoms with Gasteiger partial charge in [0.1, 0.15) is 6.04 Å². The van der Waals surface area contributed by atoms with Crippen LogP contribution in [0.2, 0.25) is 0 Å². The molecule has 1 aliphatic carbocycles. The van der Waals surface area contributed by atoms with Crippen molar-refractivity contribution in [1.29, 1.82) is 0 Å². The van der Waals surface area contributed by atoms with Gasteiger partial charge in [-0.1, -0.05) is 37.3 Å². The molecular weight excluding hydrogens is 521 g/mol. The molecule has 4 atom stereocenters. The summed E-state index contributed by atoms with van der Waals surface area (Å²) < 4.78 is 69.1. The van der Waals surface area contributed by atoms with E-state index in [0.29, 0.717) is 25.2 Å². The second-order valence-corrected chi connectivity index (χ2v) is 12.1. The Morgan fingerprint density at radius 3 is 2.37 bits per heavy atom. The summed E-state index contributed by atoms with van der Waals surface area (Å²) in [5.74, 6) is -1.10. The topological polar surface area (TPSA) is 92.8 Å². The molecule has 2 fully saturated rings. The van der Waals surface area contributed by atoms with Crippen LogP contribution in [0.5, 0.6) is 0 Å². The highest BCUT2D eigenvalue weighted by Gasteiger charge is 2.49. The van der Waals surface area contributed by atoms with Gasteiger partial charge in [0.2, 0.25) is 5.91 Å². The summed E-state index contributed by atoms with van der Waals surface area (Å²) in [6.07, 6.45) is -0.299. The number of fused-ring (bicyclic) bond motifs is 1. The van der Waals surface area contributed by atoms with Gasteiger partial charge in [0.15, 0.2) is 9.84 Å². The molecule has 2 heterocycles. The fraction of sp³-hybridized carbons (Fsp3) is 0.407. The molecule has 0 spiro atoms. The fourth-order valence-electron chi connectivity index (χ4n) is 5.16. The number of rotatable bonds is 7. The summed E-state index contributed by atoms with van der Waals surface area (Å²) >= 11 is 0. The molecule has 202 valence electrons. The maximum atomic E-state index is 13.6. The van der Waals surface area contributed by atoms with E-state index in [-0.39, 0.29) is 34.1 Å². The predicted molar refractivity (Wildman–Crippen MR) is 132 cm³/mol. The van der Waals surface area contributed by atoms with Crippen molar-refractivity contribution in [3.63, 3.8) is 0 Å². The highest BCUT2D eigenvalue weighted by atomic mass is 32.2. The van der Waals surface area contributed by atoms with Crippen LogP contribution in [0.15, 0.2) is 65.6 Å². The lowest BCUT2D eigenvalue weighted by Crippen LogP contribution is -2.52. The van der Waals surface area contributed by atoms with Crippen molar-refractivity contribution in [3.8, 4) is 0 Å². The number of hydrogen-bond donors (Lipinski definition) is 1. The zero-order valence-electron chi connectivity index (χ0n) is 20.5. The summed E-state index contributed by atoms with van der Waals surface area (Å²) in [4.78, 5) is 28.7. The number of carbonyl (C=O) groups excluding carboxylic acids is 2. The van der Waals surface area contributed by atoms with Crippen LogP contribution < -0.4 is 5.32 Å². The van der Waals surface area contributed by atoms with E-state index in [9.17, 15) is 31.2 Å². The van der Waals surface area contributed by atoms with E-state index in [1.807, 2.05) is 12.2 Å². The van der Waals surface area contributed by atoms with Crippen LogP contribution in [0.1, 0.15) is 40.9 Å². The number of hydrogen-bond acceptors (Lipinski definition) is 5. The van der Waals surface area contributed by atoms with Crippen molar-refractivity contribution < 1.29 is 35.9 Å². The standard InChI is InChI=1S/C27H27F3N2O5S/c1-2-38(35,36)21-5-3-4-18(12-21)26(34)32-22-11-8-17(22)13-23(32)25(33)31-24(19-14-37-15-19)16-6-9-20(10-7-16)27(28,29)30/h3-12,17,19,22-24H,2,13-15H2,1H3,(H,31,33)/t17-,22-,23-,24+/m1/s1. The molecule has 2 saturated heterocycles. The van der Waals surface area contributed by atoms with Gasteiger partial charge in [0.05, 0.1) is 41.5 Å². The van der Waals surface area contributed by atoms with E-state index < -0.39 is 45.5 Å². The fourth-order valence-corrected chi connectivity index (χ4v) is 6.09. The zero-order chi connectivity index (χ0) is 27.2. The lowest BCUT2D eigenvalue weighted by Gasteiger charge is -2.36. The summed E-state index contributed by atoms with van der Waals surface area (Å²) in [5, 5.41) is 2.97. The third kappa shape index (κ3) is 4.84. The van der Waals surface area contributed by atoms with Crippen molar-refractivity contribution in [2.45, 2.75) is 42.5 Å². The van der Waals surface area contributed by atoms with Crippen molar-refractivity contribution in [1.82, 2.24) is 10.2 Å². The number of amides is 2. The normalized spacial score (nSPS) is 23.8. The van der Waals surface area contributed by atoms with E-state index in [1.54, 1.807) is 0 Å². The number of ether oxygens (including phenoxy) is 1. The third-order valence-electron chi connectivity index (χ3n) is 7.53. The summed E-state index contributed by atoms with van der Waals surface area (Å²) in [6.45, 7) is 2.23. The first-order valence-corrected chi connectivity index (χ1v) is 14.0. The molecule has 0 bridgehead atoms. The number of likely N-dealkylation sites (tertiary alicyclic amines) is 1. The van der Waals surface area contributed by atoms with Gasteiger partial charge >= 0.3 is 6.18 Å². The number of sulfone groups is 1. The molecule has 38 heavy (non-hydrogen) atoms. The molecule has 2 aliphatic heterocycles. The van der Waals surface area contributed by atoms with Gasteiger partial charge < -0.3 is 15.0 Å². The van der Waals surface area contributed by atoms with Crippen LogP contribution in [0.3, 0.4) is 0 Å². The molecule has 0 saturated carbocycles. The number of nitrogens with zero attached hydrogens (tertiary/aromatic N) is 1. The molecule has 0 unspecified atom stereocenters. The van der Waals surface area contributed by atoms with E-state index in [4.69, 9.17) is 4.74 Å². The predicted octanol–water partition coefficient (Wildman–Crippen LogP) is 3.77. The number of benzene rings is 2. The van der Waals surface area contributed by atoms with Crippen LogP contribution in [0, 0.1) is 11.8 Å². The van der Waals surface area contributed by atoms with Gasteiger partial charge in [0, 0.05) is 17.4 Å². The van der Waals surface area contributed by atoms with Crippen LogP contribution in [0.4, 0.5) is 13.2 Å². The first-order valence-electron chi connectivity index (χ1n) is 12.4. The van der Waals surface area contributed by atoms with Gasteiger partial charge in [-0.3, -0.25) is 9.59 Å². The van der Waals surface area contributed by atoms with Crippen molar-refractivity contribution in [3.05, 3.63) is 77.4 Å². The molecule has 11 heteroatoms. The average molecular weight is 549 g/mol. The Kier molecular flexibility index (Phi) is 6.85. The minimum absolute atomic E-state index is 0.00573. The second-order valence-electron chi connectivity index (χ2n) is 9.84. The van der Waals surface area contributed by atoms with Gasteiger partial charge in [-0.05, 0) is 42.3 Å². The first kappa shape index (κ1) is 26.4. The highest BCUT2D eigenvalue weighted by Crippen LogP contribution is 2.40. The monoisotopic (exact) mass is 548 g/mol. The van der Waals surface area contributed by atoms with Gasteiger partial charge in [-0.2, -0.15) is 13.2 Å². The minimum atomic E-state index is -4.47. The Bertz CT molecular complexity index is 1370. The Balaban J connectivity index is 1.39. The molecule has 1 N–H and O–H groups in total. The SMILES string of the molecule is CCS(=O)(=O)c1cccc(C(=O)N2[C@@H](C(=O)N[C@@H](c3ccc(C(F)(F)F)cc3)C3COC3)C[C@H]3C=C[C@H]32)c1. The summed E-state index contributed by atoms with van der Waals surface area (Å²) in [5.41, 5.74) is -0.0854. The maximum Gasteiger partial charge on any atom is 0.416 e. The lowest BCUT2D eigenvalue weighted by molar-refractivity contribution is -0.137. The largest absolute Gasteiger partial charge is 0.416 e. The van der Waals surface area contributed by atoms with E-state index >= 15 is 0 Å². The Morgan fingerprint density at radius 1 is 1.11 bits per heavy atom. The lowest BCUT2D eigenvalue weighted by atomic mass is 9.88. The smallest absolute Gasteiger partial charge is 0.381 e. The van der Waals surface area contributed by atoms with E-state index in [1.165, 1.54) is 48.2 Å². The molecule has 7 nitrogen and oxygen atoms in total. The minimum Gasteiger partial charge on any atom is -0.381 e. The Hall–Kier alpha value is -3.18. The molecule has 0 radical (unpaired) electrons. The molecule has 2 aromatic rings. The average Bonchev–Trinajstić information content (AvgIpc) is 3.11. The zero-order valence-corrected chi connectivity index (χ0v) is 21.3. The number of alkyl halides is 3. The molecule has 5 rings (SSSR count). The van der Waals surface area contributed by atoms with Crippen molar-refractivity contribution >= 4 is 21.7 Å². The van der Waals surface area contributed by atoms with E-state index in [2.05, 4.69) is 5.32 Å². The van der Waals surface area contributed by atoms with Gasteiger partial charge in [-0.25, -0.2) is 8.42 Å². The van der Waals surface area contributed by atoms with Crippen LogP contribution in [-0.4, -0.2) is 56.2 Å². The quantitative estimate of drug-likeness (QED) is 0.532. The maximum absolute atomic E-state index is 13.6. The Morgan fingerprint density at radius 2 is 1.82 bits per heavy atom. The van der Waals surface area contributed by atoms with Gasteiger partial charge in [-0.15, -0.1) is 0 Å². The van der Waals surface area contributed by atoms with Crippen molar-refractivity contribution in [2.75, 3.05) is 19.0 Å². The molecule has 3 aliphatic rings. The number of nitrogens with one attached hydrogen (secondary N) is 1. The number of carbonyl (C=O) groups is 2. The van der Waals surface area contributed by atoms with Crippen LogP contribution in [-0.2, 0) is 25.5 Å². The van der Waals surface area contributed by atoms with Crippen molar-refractivity contribution in [2.24, 2.45) is 11.8 Å².